The minimum Gasteiger partial charge on any atom is -0.423 e. The fourth-order valence-electron chi connectivity index (χ4n) is 3.44. The predicted molar refractivity (Wildman–Crippen MR) is 113 cm³/mol. The van der Waals surface area contributed by atoms with Gasteiger partial charge in [-0.15, -0.1) is 0 Å². The van der Waals surface area contributed by atoms with Gasteiger partial charge >= 0.3 is 5.97 Å². The summed E-state index contributed by atoms with van der Waals surface area (Å²) in [6.45, 7) is 4.24. The SMILES string of the molecule is Cc1ccc(C(=O)Oc2ccc(CCN3C(=O)c4ccccc4C3=O)cc2)cc1C. The first-order valence-corrected chi connectivity index (χ1v) is 9.77. The van der Waals surface area contributed by atoms with E-state index in [1.165, 1.54) is 4.90 Å². The molecule has 0 aromatic heterocycles. The minimum atomic E-state index is -0.406. The van der Waals surface area contributed by atoms with E-state index in [9.17, 15) is 14.4 Å². The number of imide groups is 1. The molecule has 1 heterocycles. The van der Waals surface area contributed by atoms with Crippen LogP contribution in [-0.2, 0) is 6.42 Å². The fourth-order valence-corrected chi connectivity index (χ4v) is 3.44. The molecule has 0 spiro atoms. The first kappa shape index (κ1) is 19.6. The Bertz CT molecular complexity index is 1110. The molecule has 150 valence electrons. The summed E-state index contributed by atoms with van der Waals surface area (Å²) in [6, 6.07) is 19.4. The Kier molecular flexibility index (Phi) is 5.19. The maximum absolute atomic E-state index is 12.4. The number of esters is 1. The largest absolute Gasteiger partial charge is 0.423 e. The highest BCUT2D eigenvalue weighted by Crippen LogP contribution is 2.23. The predicted octanol–water partition coefficient (Wildman–Crippen LogP) is 4.36. The van der Waals surface area contributed by atoms with Crippen LogP contribution < -0.4 is 4.74 Å². The molecule has 1 aliphatic heterocycles. The van der Waals surface area contributed by atoms with Crippen LogP contribution in [0.2, 0.25) is 0 Å². The van der Waals surface area contributed by atoms with Crippen LogP contribution in [0.25, 0.3) is 0 Å². The normalized spacial score (nSPS) is 12.8. The molecular weight excluding hydrogens is 378 g/mol. The molecule has 1 aliphatic rings. The molecule has 0 N–H and O–H groups in total. The molecule has 0 bridgehead atoms. The van der Waals surface area contributed by atoms with Crippen LogP contribution in [0.3, 0.4) is 0 Å². The van der Waals surface area contributed by atoms with Crippen molar-refractivity contribution in [3.05, 3.63) is 100 Å². The van der Waals surface area contributed by atoms with Gasteiger partial charge in [-0.1, -0.05) is 30.3 Å². The molecule has 0 radical (unpaired) electrons. The Balaban J connectivity index is 1.37. The number of ether oxygens (including phenoxy) is 1. The third-order valence-corrected chi connectivity index (χ3v) is 5.38. The number of amides is 2. The molecular formula is C25H21NO4. The average molecular weight is 399 g/mol. The van der Waals surface area contributed by atoms with Gasteiger partial charge in [0, 0.05) is 6.54 Å². The van der Waals surface area contributed by atoms with E-state index in [1.54, 1.807) is 42.5 Å². The van der Waals surface area contributed by atoms with Gasteiger partial charge in [0.2, 0.25) is 0 Å². The van der Waals surface area contributed by atoms with Crippen molar-refractivity contribution in [3.63, 3.8) is 0 Å². The molecule has 5 heteroatoms. The summed E-state index contributed by atoms with van der Waals surface area (Å²) in [5, 5.41) is 0. The van der Waals surface area contributed by atoms with Crippen LogP contribution >= 0.6 is 0 Å². The van der Waals surface area contributed by atoms with Gasteiger partial charge in [0.25, 0.3) is 11.8 Å². The summed E-state index contributed by atoms with van der Waals surface area (Å²) in [4.78, 5) is 38.5. The van der Waals surface area contributed by atoms with Crippen molar-refractivity contribution in [1.29, 1.82) is 0 Å². The molecule has 0 fully saturated rings. The molecule has 5 nitrogen and oxygen atoms in total. The first-order valence-electron chi connectivity index (χ1n) is 9.77. The van der Waals surface area contributed by atoms with Crippen molar-refractivity contribution in [1.82, 2.24) is 4.90 Å². The zero-order valence-electron chi connectivity index (χ0n) is 16.8. The zero-order chi connectivity index (χ0) is 21.3. The summed E-state index contributed by atoms with van der Waals surface area (Å²) < 4.78 is 5.45. The Labute approximate surface area is 174 Å². The van der Waals surface area contributed by atoms with Gasteiger partial charge < -0.3 is 4.74 Å². The quantitative estimate of drug-likeness (QED) is 0.363. The van der Waals surface area contributed by atoms with Crippen molar-refractivity contribution in [3.8, 4) is 5.75 Å². The Morgan fingerprint density at radius 1 is 0.833 bits per heavy atom. The van der Waals surface area contributed by atoms with E-state index in [-0.39, 0.29) is 11.8 Å². The maximum Gasteiger partial charge on any atom is 0.343 e. The van der Waals surface area contributed by atoms with Gasteiger partial charge in [0.1, 0.15) is 5.75 Å². The van der Waals surface area contributed by atoms with Crippen LogP contribution in [-0.4, -0.2) is 29.2 Å². The molecule has 30 heavy (non-hydrogen) atoms. The maximum atomic E-state index is 12.4. The van der Waals surface area contributed by atoms with E-state index in [0.717, 1.165) is 16.7 Å². The van der Waals surface area contributed by atoms with E-state index in [1.807, 2.05) is 38.1 Å². The molecule has 0 aliphatic carbocycles. The Morgan fingerprint density at radius 2 is 1.47 bits per heavy atom. The van der Waals surface area contributed by atoms with E-state index in [2.05, 4.69) is 0 Å². The van der Waals surface area contributed by atoms with Crippen LogP contribution in [0.15, 0.2) is 66.7 Å². The van der Waals surface area contributed by atoms with Gasteiger partial charge in [0.15, 0.2) is 0 Å². The molecule has 0 saturated heterocycles. The molecule has 4 rings (SSSR count). The fraction of sp³-hybridized carbons (Fsp3) is 0.160. The monoisotopic (exact) mass is 399 g/mol. The van der Waals surface area contributed by atoms with Crippen LogP contribution in [0.1, 0.15) is 47.8 Å². The number of carbonyl (C=O) groups excluding carboxylic acids is 3. The summed E-state index contributed by atoms with van der Waals surface area (Å²) in [7, 11) is 0. The van der Waals surface area contributed by atoms with E-state index >= 15 is 0 Å². The van der Waals surface area contributed by atoms with E-state index < -0.39 is 5.97 Å². The highest BCUT2D eigenvalue weighted by molar-refractivity contribution is 6.21. The molecule has 0 unspecified atom stereocenters. The summed E-state index contributed by atoms with van der Waals surface area (Å²) in [5.74, 6) is -0.469. The highest BCUT2D eigenvalue weighted by atomic mass is 16.5. The number of aryl methyl sites for hydroxylation is 2. The number of rotatable bonds is 5. The van der Waals surface area contributed by atoms with Gasteiger partial charge in [0.05, 0.1) is 16.7 Å². The summed E-state index contributed by atoms with van der Waals surface area (Å²) >= 11 is 0. The van der Waals surface area contributed by atoms with E-state index in [0.29, 0.717) is 35.4 Å². The van der Waals surface area contributed by atoms with Crippen molar-refractivity contribution in [2.75, 3.05) is 6.54 Å². The highest BCUT2D eigenvalue weighted by Gasteiger charge is 2.34. The van der Waals surface area contributed by atoms with E-state index in [4.69, 9.17) is 4.74 Å². The van der Waals surface area contributed by atoms with Crippen LogP contribution in [0.4, 0.5) is 0 Å². The number of nitrogens with zero attached hydrogens (tertiary/aromatic N) is 1. The lowest BCUT2D eigenvalue weighted by Gasteiger charge is -2.14. The molecule has 3 aromatic rings. The third kappa shape index (κ3) is 3.74. The third-order valence-electron chi connectivity index (χ3n) is 5.38. The lowest BCUT2D eigenvalue weighted by molar-refractivity contribution is 0.0654. The Hall–Kier alpha value is -3.73. The number of benzene rings is 3. The first-order chi connectivity index (χ1) is 14.4. The topological polar surface area (TPSA) is 63.7 Å². The lowest BCUT2D eigenvalue weighted by Crippen LogP contribution is -2.31. The molecule has 0 saturated carbocycles. The van der Waals surface area contributed by atoms with Gasteiger partial charge in [-0.2, -0.15) is 0 Å². The Morgan fingerprint density at radius 3 is 2.07 bits per heavy atom. The number of fused-ring (bicyclic) bond motifs is 1. The molecule has 0 atom stereocenters. The van der Waals surface area contributed by atoms with Crippen molar-refractivity contribution >= 4 is 17.8 Å². The van der Waals surface area contributed by atoms with Gasteiger partial charge in [-0.25, -0.2) is 4.79 Å². The molecule has 3 aromatic carbocycles. The summed E-state index contributed by atoms with van der Waals surface area (Å²) in [5.41, 5.74) is 4.51. The minimum absolute atomic E-state index is 0.255. The zero-order valence-corrected chi connectivity index (χ0v) is 16.8. The second-order valence-electron chi connectivity index (χ2n) is 7.39. The average Bonchev–Trinajstić information content (AvgIpc) is 3.00. The smallest absolute Gasteiger partial charge is 0.343 e. The number of hydrogen-bond donors (Lipinski definition) is 0. The standard InChI is InChI=1S/C25H21NO4/c1-16-7-10-19(15-17(16)2)25(29)30-20-11-8-18(9-12-20)13-14-26-23(27)21-5-3-4-6-22(21)24(26)28/h3-12,15H,13-14H2,1-2H3. The van der Waals surface area contributed by atoms with Crippen LogP contribution in [0, 0.1) is 13.8 Å². The van der Waals surface area contributed by atoms with Crippen molar-refractivity contribution < 1.29 is 19.1 Å². The second-order valence-corrected chi connectivity index (χ2v) is 7.39. The van der Waals surface area contributed by atoms with Crippen molar-refractivity contribution in [2.45, 2.75) is 20.3 Å². The molecule has 2 amide bonds. The lowest BCUT2D eigenvalue weighted by atomic mass is 10.1. The summed E-state index contributed by atoms with van der Waals surface area (Å²) in [6.07, 6.45) is 0.525. The number of carbonyl (C=O) groups is 3. The van der Waals surface area contributed by atoms with Gasteiger partial charge in [-0.05, 0) is 73.4 Å². The van der Waals surface area contributed by atoms with Crippen molar-refractivity contribution in [2.24, 2.45) is 0 Å². The van der Waals surface area contributed by atoms with Gasteiger partial charge in [-0.3, -0.25) is 14.5 Å². The number of hydrogen-bond acceptors (Lipinski definition) is 4. The van der Waals surface area contributed by atoms with Crippen LogP contribution in [0.5, 0.6) is 5.75 Å². The second kappa shape index (κ2) is 7.95.